The third kappa shape index (κ3) is 6.66. The lowest BCUT2D eigenvalue weighted by Crippen LogP contribution is -2.17. The van der Waals surface area contributed by atoms with Gasteiger partial charge in [-0.25, -0.2) is 4.98 Å². The van der Waals surface area contributed by atoms with E-state index in [1.54, 1.807) is 13.3 Å². The first-order chi connectivity index (χ1) is 15.3. The van der Waals surface area contributed by atoms with Crippen LogP contribution >= 0.6 is 11.8 Å². The molecule has 0 spiro atoms. The van der Waals surface area contributed by atoms with Crippen LogP contribution in [0.15, 0.2) is 59.9 Å². The Morgan fingerprint density at radius 1 is 1.12 bits per heavy atom. The number of alkyl halides is 3. The minimum Gasteiger partial charge on any atom is -0.497 e. The second-order valence-electron chi connectivity index (χ2n) is 6.53. The number of aromatic nitrogens is 2. The maximum atomic E-state index is 12.3. The average molecular weight is 467 g/mol. The number of benzene rings is 2. The fourth-order valence-electron chi connectivity index (χ4n) is 2.78. The number of aliphatic hydroxyl groups is 1. The van der Waals surface area contributed by atoms with Gasteiger partial charge in [0, 0.05) is 12.2 Å². The Balaban J connectivity index is 1.60. The van der Waals surface area contributed by atoms with E-state index in [-0.39, 0.29) is 24.0 Å². The second kappa shape index (κ2) is 10.4. The number of nitrogens with zero attached hydrogens (tertiary/aromatic N) is 2. The van der Waals surface area contributed by atoms with Gasteiger partial charge in [-0.05, 0) is 42.0 Å². The quantitative estimate of drug-likeness (QED) is 0.462. The largest absolute Gasteiger partial charge is 0.573 e. The van der Waals surface area contributed by atoms with E-state index in [1.165, 1.54) is 23.9 Å². The third-order valence-corrected chi connectivity index (χ3v) is 5.26. The smallest absolute Gasteiger partial charge is 0.497 e. The van der Waals surface area contributed by atoms with Crippen molar-refractivity contribution in [2.45, 2.75) is 24.7 Å². The number of anilines is 1. The topological polar surface area (TPSA) is 85.6 Å². The lowest BCUT2D eigenvalue weighted by Gasteiger charge is -2.12. The summed E-state index contributed by atoms with van der Waals surface area (Å²) in [4.78, 5) is 16.6. The zero-order chi connectivity index (χ0) is 23.1. The molecular formula is C21H20F3N3O4S. The molecule has 0 fully saturated rings. The molecule has 0 unspecified atom stereocenters. The second-order valence-corrected chi connectivity index (χ2v) is 7.48. The Bertz CT molecular complexity index is 1040. The number of halogens is 3. The van der Waals surface area contributed by atoms with Gasteiger partial charge >= 0.3 is 6.36 Å². The van der Waals surface area contributed by atoms with E-state index in [4.69, 9.17) is 4.74 Å². The Morgan fingerprint density at radius 3 is 2.38 bits per heavy atom. The molecule has 3 aromatic rings. The van der Waals surface area contributed by atoms with Gasteiger partial charge in [-0.3, -0.25) is 4.79 Å². The number of carbonyl (C=O) groups excluding carboxylic acids is 1. The molecule has 0 bridgehead atoms. The number of nitrogens with one attached hydrogen (secondary N) is 1. The van der Waals surface area contributed by atoms with Crippen LogP contribution in [0.2, 0.25) is 0 Å². The first-order valence-electron chi connectivity index (χ1n) is 9.34. The van der Waals surface area contributed by atoms with E-state index in [0.29, 0.717) is 23.1 Å². The van der Waals surface area contributed by atoms with E-state index in [2.05, 4.69) is 15.0 Å². The lowest BCUT2D eigenvalue weighted by atomic mass is 10.2. The number of carbonyl (C=O) groups is 1. The first kappa shape index (κ1) is 23.5. The van der Waals surface area contributed by atoms with Crippen LogP contribution in [-0.4, -0.2) is 39.8 Å². The van der Waals surface area contributed by atoms with E-state index < -0.39 is 6.36 Å². The summed E-state index contributed by atoms with van der Waals surface area (Å²) in [6.07, 6.45) is -3.23. The summed E-state index contributed by atoms with van der Waals surface area (Å²) in [6, 6.07) is 12.3. The van der Waals surface area contributed by atoms with E-state index in [9.17, 15) is 23.1 Å². The number of hydrogen-bond acceptors (Lipinski definition) is 6. The zero-order valence-corrected chi connectivity index (χ0v) is 17.7. The van der Waals surface area contributed by atoms with Crippen LogP contribution in [0.5, 0.6) is 11.5 Å². The molecule has 0 aliphatic rings. The Labute approximate surface area is 186 Å². The number of ether oxygens (including phenoxy) is 2. The van der Waals surface area contributed by atoms with E-state index in [0.717, 1.165) is 23.4 Å². The monoisotopic (exact) mass is 467 g/mol. The number of thioether (sulfide) groups is 1. The van der Waals surface area contributed by atoms with Gasteiger partial charge in [0.1, 0.15) is 11.5 Å². The Hall–Kier alpha value is -3.18. The van der Waals surface area contributed by atoms with Gasteiger partial charge < -0.3 is 24.5 Å². The van der Waals surface area contributed by atoms with Crippen molar-refractivity contribution in [2.24, 2.45) is 0 Å². The summed E-state index contributed by atoms with van der Waals surface area (Å²) in [5.41, 5.74) is 1.90. The maximum Gasteiger partial charge on any atom is 0.573 e. The minimum absolute atomic E-state index is 0.0191. The van der Waals surface area contributed by atoms with Crippen LogP contribution in [0.25, 0.3) is 0 Å². The van der Waals surface area contributed by atoms with Crippen LogP contribution in [0.3, 0.4) is 0 Å². The summed E-state index contributed by atoms with van der Waals surface area (Å²) >= 11 is 1.18. The summed E-state index contributed by atoms with van der Waals surface area (Å²) in [5.74, 6) is 0.0164. The van der Waals surface area contributed by atoms with E-state index >= 15 is 0 Å². The molecule has 0 atom stereocenters. The number of rotatable bonds is 9. The number of hydrogen-bond donors (Lipinski definition) is 2. The van der Waals surface area contributed by atoms with Gasteiger partial charge in [0.15, 0.2) is 5.16 Å². The molecule has 0 aliphatic carbocycles. The van der Waals surface area contributed by atoms with Crippen LogP contribution in [0.1, 0.15) is 11.3 Å². The maximum absolute atomic E-state index is 12.3. The lowest BCUT2D eigenvalue weighted by molar-refractivity contribution is -0.274. The molecule has 2 N–H and O–H groups in total. The molecule has 3 rings (SSSR count). The Morgan fingerprint density at radius 2 is 1.78 bits per heavy atom. The summed E-state index contributed by atoms with van der Waals surface area (Å²) < 4.78 is 47.4. The predicted molar refractivity (Wildman–Crippen MR) is 113 cm³/mol. The number of aliphatic hydroxyl groups excluding tert-OH is 1. The van der Waals surface area contributed by atoms with Crippen molar-refractivity contribution in [1.29, 1.82) is 0 Å². The van der Waals surface area contributed by atoms with Gasteiger partial charge in [0.05, 0.1) is 31.4 Å². The van der Waals surface area contributed by atoms with Crippen molar-refractivity contribution in [2.75, 3.05) is 18.2 Å². The number of imidazole rings is 1. The molecule has 0 saturated heterocycles. The van der Waals surface area contributed by atoms with E-state index in [1.807, 2.05) is 28.8 Å². The predicted octanol–water partition coefficient (Wildman–Crippen LogP) is 4.06. The highest BCUT2D eigenvalue weighted by Crippen LogP contribution is 2.25. The van der Waals surface area contributed by atoms with Gasteiger partial charge in [0.2, 0.25) is 5.91 Å². The average Bonchev–Trinajstić information content (AvgIpc) is 3.14. The summed E-state index contributed by atoms with van der Waals surface area (Å²) in [5, 5.41) is 12.8. The van der Waals surface area contributed by atoms with Gasteiger partial charge in [-0.2, -0.15) is 0 Å². The number of amides is 1. The third-order valence-electron chi connectivity index (χ3n) is 4.27. The fraction of sp³-hybridized carbons (Fsp3) is 0.238. The number of methoxy groups -OCH3 is 1. The van der Waals surface area contributed by atoms with Crippen molar-refractivity contribution in [3.05, 3.63) is 66.0 Å². The standard InChI is InChI=1S/C21H20F3N3O4S/c1-30-17-6-2-14(3-7-17)11-27-16(12-28)10-25-20(27)32-13-19(29)26-15-4-8-18(9-5-15)31-21(22,23)24/h2-10,28H,11-13H2,1H3,(H,26,29). The molecule has 7 nitrogen and oxygen atoms in total. The molecular weight excluding hydrogens is 447 g/mol. The van der Waals surface area contributed by atoms with Crippen LogP contribution in [-0.2, 0) is 17.9 Å². The van der Waals surface area contributed by atoms with Crippen LogP contribution < -0.4 is 14.8 Å². The van der Waals surface area contributed by atoms with Crippen molar-refractivity contribution in [1.82, 2.24) is 9.55 Å². The molecule has 11 heteroatoms. The van der Waals surface area contributed by atoms with Crippen LogP contribution in [0, 0.1) is 0 Å². The molecule has 1 aromatic heterocycles. The van der Waals surface area contributed by atoms with Gasteiger partial charge in [-0.1, -0.05) is 23.9 Å². The molecule has 170 valence electrons. The van der Waals surface area contributed by atoms with Gasteiger partial charge in [-0.15, -0.1) is 13.2 Å². The molecule has 0 radical (unpaired) electrons. The molecule has 0 aliphatic heterocycles. The fourth-order valence-corrected chi connectivity index (χ4v) is 3.58. The molecule has 0 saturated carbocycles. The Kier molecular flexibility index (Phi) is 7.65. The normalized spacial score (nSPS) is 11.3. The highest BCUT2D eigenvalue weighted by atomic mass is 32.2. The molecule has 2 aromatic carbocycles. The van der Waals surface area contributed by atoms with Crippen LogP contribution in [0.4, 0.5) is 18.9 Å². The van der Waals surface area contributed by atoms with Crippen molar-refractivity contribution >= 4 is 23.4 Å². The van der Waals surface area contributed by atoms with Gasteiger partial charge in [0.25, 0.3) is 0 Å². The zero-order valence-electron chi connectivity index (χ0n) is 16.9. The van der Waals surface area contributed by atoms with Crippen molar-refractivity contribution < 1.29 is 32.5 Å². The molecule has 1 heterocycles. The SMILES string of the molecule is COc1ccc(Cn2c(CO)cnc2SCC(=O)Nc2ccc(OC(F)(F)F)cc2)cc1. The van der Waals surface area contributed by atoms with Crippen molar-refractivity contribution in [3.63, 3.8) is 0 Å². The highest BCUT2D eigenvalue weighted by molar-refractivity contribution is 7.99. The van der Waals surface area contributed by atoms with Crippen molar-refractivity contribution in [3.8, 4) is 11.5 Å². The molecule has 1 amide bonds. The summed E-state index contributed by atoms with van der Waals surface area (Å²) in [6.45, 7) is 0.243. The first-order valence-corrected chi connectivity index (χ1v) is 10.3. The molecule has 32 heavy (non-hydrogen) atoms. The summed E-state index contributed by atoms with van der Waals surface area (Å²) in [7, 11) is 1.58. The highest BCUT2D eigenvalue weighted by Gasteiger charge is 2.31. The minimum atomic E-state index is -4.78.